The first kappa shape index (κ1) is 74.5. The standard InChI is InChI=1S/C67H129N2O6P/c1-6-8-10-12-14-16-18-20-22-24-26-28-30-31-32-33-34-35-36-37-39-41-43-45-47-49-51-53-55-57-59-61-67(71)68-65(64-75-76(72,73)74-63-62-69(3,4)5)66(70)60-58-56-54-52-50-48-46-44-42-40-38-29-27-25-23-21-19-17-15-13-11-9-7-2/h18,20,24,26,50,52,58,60,65-66,70H,6-17,19,21-23,25,27-49,51,53-57,59,61-64H2,1-5H3,(H-,68,71,72,73)/p+1/b20-18-,26-24-,52-50+,60-58+. The second-order valence-corrected chi connectivity index (χ2v) is 25.3. The second kappa shape index (κ2) is 58.1. The highest BCUT2D eigenvalue weighted by Crippen LogP contribution is 2.43. The van der Waals surface area contributed by atoms with Crippen molar-refractivity contribution >= 4 is 13.7 Å². The number of rotatable bonds is 61. The van der Waals surface area contributed by atoms with Gasteiger partial charge in [-0.2, -0.15) is 0 Å². The van der Waals surface area contributed by atoms with Gasteiger partial charge in [0.15, 0.2) is 0 Å². The topological polar surface area (TPSA) is 105 Å². The highest BCUT2D eigenvalue weighted by Gasteiger charge is 2.28. The van der Waals surface area contributed by atoms with Crippen LogP contribution in [0, 0.1) is 0 Å². The van der Waals surface area contributed by atoms with E-state index in [1.165, 1.54) is 257 Å². The molecule has 3 unspecified atom stereocenters. The largest absolute Gasteiger partial charge is 0.472 e. The van der Waals surface area contributed by atoms with Gasteiger partial charge in [0, 0.05) is 6.42 Å². The zero-order chi connectivity index (χ0) is 55.6. The van der Waals surface area contributed by atoms with Gasteiger partial charge in [-0.05, 0) is 64.2 Å². The summed E-state index contributed by atoms with van der Waals surface area (Å²) in [6, 6.07) is -0.864. The molecule has 3 atom stereocenters. The lowest BCUT2D eigenvalue weighted by Gasteiger charge is -2.25. The Labute approximate surface area is 473 Å². The minimum Gasteiger partial charge on any atom is -0.387 e. The summed E-state index contributed by atoms with van der Waals surface area (Å²) in [6.45, 7) is 4.83. The molecule has 3 N–H and O–H groups in total. The molecule has 0 aromatic rings. The van der Waals surface area contributed by atoms with Crippen LogP contribution in [0.1, 0.15) is 322 Å². The average Bonchev–Trinajstić information content (AvgIpc) is 3.38. The maximum atomic E-state index is 13.0. The summed E-state index contributed by atoms with van der Waals surface area (Å²) in [4.78, 5) is 23.4. The van der Waals surface area contributed by atoms with Gasteiger partial charge >= 0.3 is 7.82 Å². The van der Waals surface area contributed by atoms with Crippen LogP contribution in [-0.2, 0) is 18.4 Å². The third-order valence-corrected chi connectivity index (χ3v) is 16.0. The Morgan fingerprint density at radius 1 is 0.447 bits per heavy atom. The minimum absolute atomic E-state index is 0.0570. The Morgan fingerprint density at radius 3 is 1.13 bits per heavy atom. The molecule has 0 spiro atoms. The Kier molecular flexibility index (Phi) is 56.9. The molecular weight excluding hydrogens is 960 g/mol. The monoisotopic (exact) mass is 1090 g/mol. The Bertz CT molecular complexity index is 1380. The van der Waals surface area contributed by atoms with Gasteiger partial charge in [0.1, 0.15) is 13.2 Å². The van der Waals surface area contributed by atoms with Crippen molar-refractivity contribution in [2.75, 3.05) is 40.9 Å². The van der Waals surface area contributed by atoms with E-state index in [1.807, 2.05) is 27.2 Å². The molecule has 76 heavy (non-hydrogen) atoms. The highest BCUT2D eigenvalue weighted by atomic mass is 31.2. The number of aliphatic hydroxyl groups is 1. The summed E-state index contributed by atoms with van der Waals surface area (Å²) in [5.41, 5.74) is 0. The van der Waals surface area contributed by atoms with Crippen molar-refractivity contribution in [2.45, 2.75) is 334 Å². The van der Waals surface area contributed by atoms with Crippen molar-refractivity contribution in [3.63, 3.8) is 0 Å². The molecule has 0 aromatic heterocycles. The molecule has 9 heteroatoms. The lowest BCUT2D eigenvalue weighted by Crippen LogP contribution is -2.45. The molecule has 1 amide bonds. The summed E-state index contributed by atoms with van der Waals surface area (Å²) >= 11 is 0. The summed E-state index contributed by atoms with van der Waals surface area (Å²) < 4.78 is 23.8. The fourth-order valence-electron chi connectivity index (χ4n) is 9.86. The number of amides is 1. The summed E-state index contributed by atoms with van der Waals surface area (Å²) in [7, 11) is 1.57. The number of likely N-dealkylation sites (N-methyl/N-ethyl adjacent to an activating group) is 1. The number of unbranched alkanes of at least 4 members (excludes halogenated alkanes) is 42. The first-order valence-electron chi connectivity index (χ1n) is 33.0. The van der Waals surface area contributed by atoms with Crippen LogP contribution in [0.5, 0.6) is 0 Å². The van der Waals surface area contributed by atoms with E-state index in [9.17, 15) is 19.4 Å². The molecule has 0 heterocycles. The number of nitrogens with one attached hydrogen (secondary N) is 1. The van der Waals surface area contributed by atoms with Crippen molar-refractivity contribution in [3.8, 4) is 0 Å². The molecule has 0 bridgehead atoms. The predicted octanol–water partition coefficient (Wildman–Crippen LogP) is 20.7. The zero-order valence-corrected chi connectivity index (χ0v) is 52.2. The second-order valence-electron chi connectivity index (χ2n) is 23.8. The number of allylic oxidation sites excluding steroid dienone is 7. The molecule has 0 aromatic carbocycles. The molecule has 0 saturated heterocycles. The molecule has 0 rings (SSSR count). The van der Waals surface area contributed by atoms with Crippen molar-refractivity contribution in [1.29, 1.82) is 0 Å². The number of aliphatic hydroxyl groups excluding tert-OH is 1. The van der Waals surface area contributed by atoms with E-state index < -0.39 is 20.0 Å². The van der Waals surface area contributed by atoms with Gasteiger partial charge in [0.25, 0.3) is 0 Å². The highest BCUT2D eigenvalue weighted by molar-refractivity contribution is 7.47. The summed E-state index contributed by atoms with van der Waals surface area (Å²) in [6.07, 6.45) is 78.2. The number of phosphoric acid groups is 1. The van der Waals surface area contributed by atoms with E-state index in [0.29, 0.717) is 17.4 Å². The lowest BCUT2D eigenvalue weighted by molar-refractivity contribution is -0.870. The van der Waals surface area contributed by atoms with Gasteiger partial charge in [-0.15, -0.1) is 0 Å². The smallest absolute Gasteiger partial charge is 0.387 e. The third-order valence-electron chi connectivity index (χ3n) is 15.0. The number of hydrogen-bond acceptors (Lipinski definition) is 5. The van der Waals surface area contributed by atoms with E-state index in [0.717, 1.165) is 44.9 Å². The molecule has 0 aliphatic rings. The quantitative estimate of drug-likeness (QED) is 0.0243. The molecule has 0 radical (unpaired) electrons. The number of quaternary nitrogens is 1. The van der Waals surface area contributed by atoms with Crippen LogP contribution in [0.4, 0.5) is 0 Å². The molecule has 8 nitrogen and oxygen atoms in total. The van der Waals surface area contributed by atoms with Crippen LogP contribution in [-0.4, -0.2) is 73.4 Å². The van der Waals surface area contributed by atoms with Crippen molar-refractivity contribution < 1.29 is 32.9 Å². The molecule has 448 valence electrons. The summed E-state index contributed by atoms with van der Waals surface area (Å²) in [5, 5.41) is 14.0. The fourth-order valence-corrected chi connectivity index (χ4v) is 10.6. The number of carbonyl (C=O) groups excluding carboxylic acids is 1. The molecule has 0 aliphatic heterocycles. The van der Waals surface area contributed by atoms with E-state index in [1.54, 1.807) is 6.08 Å². The van der Waals surface area contributed by atoms with Crippen LogP contribution in [0.25, 0.3) is 0 Å². The van der Waals surface area contributed by atoms with Gasteiger partial charge < -0.3 is 19.8 Å². The maximum absolute atomic E-state index is 13.0. The van der Waals surface area contributed by atoms with Gasteiger partial charge in [0.2, 0.25) is 5.91 Å². The van der Waals surface area contributed by atoms with Gasteiger partial charge in [0.05, 0.1) is 39.9 Å². The van der Waals surface area contributed by atoms with Gasteiger partial charge in [-0.3, -0.25) is 13.8 Å². The number of phosphoric ester groups is 1. The van der Waals surface area contributed by atoms with Gasteiger partial charge in [-0.1, -0.05) is 300 Å². The van der Waals surface area contributed by atoms with Crippen LogP contribution in [0.2, 0.25) is 0 Å². The molecular formula is C67H130N2O6P+. The third kappa shape index (κ3) is 60.1. The minimum atomic E-state index is -4.36. The zero-order valence-electron chi connectivity index (χ0n) is 51.3. The van der Waals surface area contributed by atoms with Crippen LogP contribution in [0.15, 0.2) is 48.6 Å². The molecule has 0 saturated carbocycles. The summed E-state index contributed by atoms with van der Waals surface area (Å²) in [5.74, 6) is -0.182. The Hall–Kier alpha value is -1.54. The Balaban J connectivity index is 4.10. The first-order valence-corrected chi connectivity index (χ1v) is 34.5. The lowest BCUT2D eigenvalue weighted by atomic mass is 10.0. The molecule has 0 aliphatic carbocycles. The maximum Gasteiger partial charge on any atom is 0.472 e. The number of carbonyl (C=O) groups is 1. The van der Waals surface area contributed by atoms with E-state index in [4.69, 9.17) is 9.05 Å². The number of nitrogens with zero attached hydrogens (tertiary/aromatic N) is 1. The normalized spacial score (nSPS) is 14.0. The van der Waals surface area contributed by atoms with Crippen molar-refractivity contribution in [2.24, 2.45) is 0 Å². The average molecular weight is 1090 g/mol. The van der Waals surface area contributed by atoms with Crippen LogP contribution >= 0.6 is 7.82 Å². The number of hydrogen-bond donors (Lipinski definition) is 3. The van der Waals surface area contributed by atoms with E-state index in [-0.39, 0.29) is 19.1 Å². The van der Waals surface area contributed by atoms with Crippen LogP contribution < -0.4 is 5.32 Å². The Morgan fingerprint density at radius 2 is 0.763 bits per heavy atom. The van der Waals surface area contributed by atoms with Gasteiger partial charge in [-0.25, -0.2) is 4.57 Å². The van der Waals surface area contributed by atoms with Crippen molar-refractivity contribution in [3.05, 3.63) is 48.6 Å². The van der Waals surface area contributed by atoms with Crippen molar-refractivity contribution in [1.82, 2.24) is 5.32 Å². The fraction of sp³-hybridized carbons (Fsp3) is 0.866. The predicted molar refractivity (Wildman–Crippen MR) is 332 cm³/mol. The van der Waals surface area contributed by atoms with E-state index in [2.05, 4.69) is 55.6 Å². The van der Waals surface area contributed by atoms with E-state index >= 15 is 0 Å². The van der Waals surface area contributed by atoms with Crippen LogP contribution in [0.3, 0.4) is 0 Å². The SMILES string of the molecule is CCCCCCC/C=C\C/C=C\CCCCCCCCCCCCCCCCCCCCCC(=O)NC(COP(=O)(O)OCC[N+](C)(C)C)C(O)/C=C/CC/C=C/CCCCCCCCCCCCCCCCCCC. The first-order chi connectivity index (χ1) is 37.0. The molecule has 0 fully saturated rings.